The topological polar surface area (TPSA) is 97.6 Å². The van der Waals surface area contributed by atoms with Crippen molar-refractivity contribution in [2.24, 2.45) is 0 Å². The third-order valence-corrected chi connectivity index (χ3v) is 4.96. The molecule has 1 aromatic carbocycles. The first-order valence-electron chi connectivity index (χ1n) is 9.61. The molecule has 8 nitrogen and oxygen atoms in total. The van der Waals surface area contributed by atoms with Crippen LogP contribution in [-0.4, -0.2) is 36.1 Å². The van der Waals surface area contributed by atoms with Crippen LogP contribution < -0.4 is 20.6 Å². The molecule has 0 aliphatic carbocycles. The van der Waals surface area contributed by atoms with E-state index in [0.717, 1.165) is 25.9 Å². The molecule has 3 heterocycles. The van der Waals surface area contributed by atoms with Crippen LogP contribution in [0.15, 0.2) is 45.7 Å². The molecule has 0 radical (unpaired) electrons. The van der Waals surface area contributed by atoms with Gasteiger partial charge in [-0.1, -0.05) is 12.1 Å². The molecule has 1 amide bonds. The first kappa shape index (κ1) is 18.9. The zero-order valence-electron chi connectivity index (χ0n) is 16.2. The highest BCUT2D eigenvalue weighted by atomic mass is 16.5. The van der Waals surface area contributed by atoms with Gasteiger partial charge in [0.25, 0.3) is 5.91 Å². The summed E-state index contributed by atoms with van der Waals surface area (Å²) in [7, 11) is 1.50. The molecule has 1 N–H and O–H groups in total. The monoisotopic (exact) mass is 394 g/mol. The predicted molar refractivity (Wildman–Crippen MR) is 108 cm³/mol. The number of carbonyl (C=O) groups is 1. The lowest BCUT2D eigenvalue weighted by Gasteiger charge is -2.26. The van der Waals surface area contributed by atoms with Gasteiger partial charge >= 0.3 is 5.63 Å². The van der Waals surface area contributed by atoms with Crippen molar-refractivity contribution < 1.29 is 13.9 Å². The number of amides is 1. The fourth-order valence-electron chi connectivity index (χ4n) is 3.43. The van der Waals surface area contributed by atoms with Gasteiger partial charge in [-0.3, -0.25) is 4.79 Å². The van der Waals surface area contributed by atoms with Crippen LogP contribution in [0, 0.1) is 0 Å². The molecule has 8 heteroatoms. The number of anilines is 1. The zero-order valence-corrected chi connectivity index (χ0v) is 16.2. The van der Waals surface area contributed by atoms with E-state index in [-0.39, 0.29) is 12.1 Å². The molecule has 0 spiro atoms. The van der Waals surface area contributed by atoms with Gasteiger partial charge in [-0.25, -0.2) is 14.8 Å². The fraction of sp³-hybridized carbons (Fsp3) is 0.333. The maximum absolute atomic E-state index is 12.6. The standard InChI is InChI=1S/C21H22N4O4/c1-28-17-7-5-6-14-12-16(20(27)29-18(14)17)19(26)23-13-15-8-9-22-21(24-15)25-10-3-2-4-11-25/h5-9,12H,2-4,10-11,13H2,1H3,(H,23,26). The maximum Gasteiger partial charge on any atom is 0.349 e. The van der Waals surface area contributed by atoms with Gasteiger partial charge in [-0.15, -0.1) is 0 Å². The van der Waals surface area contributed by atoms with Crippen LogP contribution in [0.3, 0.4) is 0 Å². The van der Waals surface area contributed by atoms with Crippen molar-refractivity contribution in [2.75, 3.05) is 25.1 Å². The number of piperidine rings is 1. The van der Waals surface area contributed by atoms with Gasteiger partial charge in [0.05, 0.1) is 19.3 Å². The Morgan fingerprint density at radius 1 is 1.24 bits per heavy atom. The molecule has 1 fully saturated rings. The van der Waals surface area contributed by atoms with Gasteiger partial charge < -0.3 is 19.4 Å². The molecule has 29 heavy (non-hydrogen) atoms. The molecule has 150 valence electrons. The van der Waals surface area contributed by atoms with Crippen molar-refractivity contribution in [3.63, 3.8) is 0 Å². The summed E-state index contributed by atoms with van der Waals surface area (Å²) in [6.07, 6.45) is 5.18. The van der Waals surface area contributed by atoms with Crippen molar-refractivity contribution in [3.8, 4) is 5.75 Å². The SMILES string of the molecule is COc1cccc2cc(C(=O)NCc3ccnc(N4CCCCC4)n3)c(=O)oc12. The molecule has 2 aromatic heterocycles. The van der Waals surface area contributed by atoms with E-state index in [4.69, 9.17) is 9.15 Å². The van der Waals surface area contributed by atoms with E-state index in [1.165, 1.54) is 19.6 Å². The number of nitrogens with one attached hydrogen (secondary N) is 1. The number of benzene rings is 1. The van der Waals surface area contributed by atoms with Crippen LogP contribution >= 0.6 is 0 Å². The summed E-state index contributed by atoms with van der Waals surface area (Å²) >= 11 is 0. The molecule has 0 bridgehead atoms. The molecule has 0 atom stereocenters. The van der Waals surface area contributed by atoms with Gasteiger partial charge in [-0.05, 0) is 37.5 Å². The average molecular weight is 394 g/mol. The summed E-state index contributed by atoms with van der Waals surface area (Å²) in [6, 6.07) is 8.48. The Morgan fingerprint density at radius 3 is 2.86 bits per heavy atom. The number of hydrogen-bond donors (Lipinski definition) is 1. The smallest absolute Gasteiger partial charge is 0.349 e. The Labute approximate surface area is 167 Å². The molecule has 1 saturated heterocycles. The zero-order chi connectivity index (χ0) is 20.2. The van der Waals surface area contributed by atoms with Crippen molar-refractivity contribution in [1.29, 1.82) is 0 Å². The lowest BCUT2D eigenvalue weighted by atomic mass is 10.1. The normalized spacial score (nSPS) is 14.0. The van der Waals surface area contributed by atoms with E-state index < -0.39 is 11.5 Å². The number of nitrogens with zero attached hydrogens (tertiary/aromatic N) is 3. The van der Waals surface area contributed by atoms with Crippen LogP contribution in [0.25, 0.3) is 11.0 Å². The third-order valence-electron chi connectivity index (χ3n) is 4.96. The van der Waals surface area contributed by atoms with Crippen molar-refractivity contribution >= 4 is 22.8 Å². The van der Waals surface area contributed by atoms with Crippen LogP contribution in [0.2, 0.25) is 0 Å². The second-order valence-electron chi connectivity index (χ2n) is 6.90. The van der Waals surface area contributed by atoms with Crippen molar-refractivity contribution in [2.45, 2.75) is 25.8 Å². The quantitative estimate of drug-likeness (QED) is 0.664. The minimum atomic E-state index is -0.712. The lowest BCUT2D eigenvalue weighted by molar-refractivity contribution is 0.0947. The summed E-state index contributed by atoms with van der Waals surface area (Å²) in [5.41, 5.74) is 0.228. The van der Waals surface area contributed by atoms with Crippen LogP contribution in [0.5, 0.6) is 5.75 Å². The van der Waals surface area contributed by atoms with Crippen molar-refractivity contribution in [3.05, 3.63) is 58.2 Å². The highest BCUT2D eigenvalue weighted by molar-refractivity contribution is 5.97. The predicted octanol–water partition coefficient (Wildman–Crippen LogP) is 2.51. The van der Waals surface area contributed by atoms with E-state index >= 15 is 0 Å². The van der Waals surface area contributed by atoms with Crippen LogP contribution in [0.4, 0.5) is 5.95 Å². The van der Waals surface area contributed by atoms with Crippen LogP contribution in [-0.2, 0) is 6.54 Å². The largest absolute Gasteiger partial charge is 0.493 e. The summed E-state index contributed by atoms with van der Waals surface area (Å²) in [5.74, 6) is 0.605. The minimum absolute atomic E-state index is 0.0592. The average Bonchev–Trinajstić information content (AvgIpc) is 2.77. The number of para-hydroxylation sites is 1. The first-order chi connectivity index (χ1) is 14.2. The molecule has 0 unspecified atom stereocenters. The highest BCUT2D eigenvalue weighted by Crippen LogP contribution is 2.24. The van der Waals surface area contributed by atoms with E-state index in [9.17, 15) is 9.59 Å². The molecule has 0 saturated carbocycles. The number of rotatable bonds is 5. The molecule has 3 aromatic rings. The van der Waals surface area contributed by atoms with E-state index in [1.807, 2.05) is 0 Å². The van der Waals surface area contributed by atoms with Gasteiger partial charge in [-0.2, -0.15) is 0 Å². The lowest BCUT2D eigenvalue weighted by Crippen LogP contribution is -2.32. The molecule has 1 aliphatic heterocycles. The molecule has 1 aliphatic rings. The fourth-order valence-corrected chi connectivity index (χ4v) is 3.43. The second kappa shape index (κ2) is 8.30. The first-order valence-corrected chi connectivity index (χ1v) is 9.61. The van der Waals surface area contributed by atoms with E-state index in [0.29, 0.717) is 28.4 Å². The third kappa shape index (κ3) is 4.06. The number of methoxy groups -OCH3 is 1. The maximum atomic E-state index is 12.6. The summed E-state index contributed by atoms with van der Waals surface area (Å²) in [6.45, 7) is 2.08. The second-order valence-corrected chi connectivity index (χ2v) is 6.90. The Bertz CT molecular complexity index is 1090. The van der Waals surface area contributed by atoms with Crippen molar-refractivity contribution in [1.82, 2.24) is 15.3 Å². The number of carbonyl (C=O) groups excluding carboxylic acids is 1. The van der Waals surface area contributed by atoms with E-state index in [2.05, 4.69) is 20.2 Å². The minimum Gasteiger partial charge on any atom is -0.493 e. The Balaban J connectivity index is 1.50. The summed E-state index contributed by atoms with van der Waals surface area (Å²) in [5, 5.41) is 3.35. The number of hydrogen-bond acceptors (Lipinski definition) is 7. The Kier molecular flexibility index (Phi) is 5.41. The number of fused-ring (bicyclic) bond motifs is 1. The van der Waals surface area contributed by atoms with Crippen LogP contribution in [0.1, 0.15) is 35.3 Å². The summed E-state index contributed by atoms with van der Waals surface area (Å²) < 4.78 is 10.5. The van der Waals surface area contributed by atoms with Gasteiger partial charge in [0.1, 0.15) is 5.56 Å². The van der Waals surface area contributed by atoms with Gasteiger partial charge in [0.15, 0.2) is 11.3 Å². The highest BCUT2D eigenvalue weighted by Gasteiger charge is 2.17. The van der Waals surface area contributed by atoms with Gasteiger partial charge in [0, 0.05) is 24.7 Å². The Morgan fingerprint density at radius 2 is 2.07 bits per heavy atom. The Hall–Kier alpha value is -3.42. The molecule has 4 rings (SSSR count). The number of aromatic nitrogens is 2. The van der Waals surface area contributed by atoms with E-state index in [1.54, 1.807) is 30.5 Å². The summed E-state index contributed by atoms with van der Waals surface area (Å²) in [4.78, 5) is 35.9. The molecular weight excluding hydrogens is 372 g/mol. The number of ether oxygens (including phenoxy) is 1. The molecular formula is C21H22N4O4. The van der Waals surface area contributed by atoms with Gasteiger partial charge in [0.2, 0.25) is 5.95 Å².